The number of hydrogen-bond acceptors (Lipinski definition) is 2. The van der Waals surface area contributed by atoms with E-state index in [2.05, 4.69) is 6.58 Å². The van der Waals surface area contributed by atoms with Crippen LogP contribution in [0.1, 0.15) is 12.8 Å². The van der Waals surface area contributed by atoms with Gasteiger partial charge in [-0.05, 0) is 12.8 Å². The Balaban J connectivity index is 2.66. The standard InChI is InChI=1S/C6H10ClNO2S/c1-2-5-8(6-3-4-6)11(7,9)10/h2,6H,1,3-5H2. The molecule has 0 aliphatic heterocycles. The predicted molar refractivity (Wildman–Crippen MR) is 44.7 cm³/mol. The maximum atomic E-state index is 10.8. The van der Waals surface area contributed by atoms with Crippen LogP contribution in [0.15, 0.2) is 12.7 Å². The first-order valence-electron chi connectivity index (χ1n) is 3.38. The van der Waals surface area contributed by atoms with E-state index >= 15 is 0 Å². The van der Waals surface area contributed by atoms with E-state index in [-0.39, 0.29) is 6.04 Å². The van der Waals surface area contributed by atoms with E-state index in [1.165, 1.54) is 10.4 Å². The van der Waals surface area contributed by atoms with Gasteiger partial charge in [0, 0.05) is 23.3 Å². The van der Waals surface area contributed by atoms with Gasteiger partial charge in [0.1, 0.15) is 0 Å². The summed E-state index contributed by atoms with van der Waals surface area (Å²) >= 11 is 0. The van der Waals surface area contributed by atoms with Gasteiger partial charge in [0.2, 0.25) is 0 Å². The highest BCUT2D eigenvalue weighted by atomic mass is 35.7. The van der Waals surface area contributed by atoms with Gasteiger partial charge in [0.15, 0.2) is 0 Å². The Morgan fingerprint density at radius 1 is 1.64 bits per heavy atom. The molecule has 0 unspecified atom stereocenters. The van der Waals surface area contributed by atoms with E-state index in [1.807, 2.05) is 0 Å². The van der Waals surface area contributed by atoms with E-state index in [0.717, 1.165) is 12.8 Å². The van der Waals surface area contributed by atoms with Crippen LogP contribution in [0.5, 0.6) is 0 Å². The lowest BCUT2D eigenvalue weighted by Crippen LogP contribution is -2.29. The minimum Gasteiger partial charge on any atom is -0.195 e. The second-order valence-electron chi connectivity index (χ2n) is 2.53. The van der Waals surface area contributed by atoms with Crippen LogP contribution in [0.25, 0.3) is 0 Å². The maximum Gasteiger partial charge on any atom is 0.300 e. The molecule has 0 spiro atoms. The third-order valence-electron chi connectivity index (χ3n) is 1.54. The lowest BCUT2D eigenvalue weighted by molar-refractivity contribution is 0.448. The van der Waals surface area contributed by atoms with Gasteiger partial charge in [-0.1, -0.05) is 6.08 Å². The van der Waals surface area contributed by atoms with Crippen molar-refractivity contribution < 1.29 is 8.42 Å². The van der Waals surface area contributed by atoms with Crippen molar-refractivity contribution in [3.05, 3.63) is 12.7 Å². The molecule has 3 nitrogen and oxygen atoms in total. The van der Waals surface area contributed by atoms with E-state index in [0.29, 0.717) is 6.54 Å². The molecule has 0 radical (unpaired) electrons. The Labute approximate surface area is 71.2 Å². The fourth-order valence-electron chi connectivity index (χ4n) is 0.906. The normalized spacial score (nSPS) is 18.7. The molecule has 1 saturated carbocycles. The molecule has 0 atom stereocenters. The zero-order valence-electron chi connectivity index (χ0n) is 6.03. The van der Waals surface area contributed by atoms with Gasteiger partial charge in [0.25, 0.3) is 9.24 Å². The number of hydrogen-bond donors (Lipinski definition) is 0. The third kappa shape index (κ3) is 2.47. The minimum absolute atomic E-state index is 0.121. The summed E-state index contributed by atoms with van der Waals surface area (Å²) in [5, 5.41) is 0. The minimum atomic E-state index is -3.53. The summed E-state index contributed by atoms with van der Waals surface area (Å²) in [6, 6.07) is 0.121. The molecule has 0 bridgehead atoms. The molecule has 0 saturated heterocycles. The fourth-order valence-corrected chi connectivity index (χ4v) is 2.26. The molecule has 0 aromatic heterocycles. The van der Waals surface area contributed by atoms with Crippen molar-refractivity contribution in [2.24, 2.45) is 0 Å². The summed E-state index contributed by atoms with van der Waals surface area (Å²) in [7, 11) is 1.63. The van der Waals surface area contributed by atoms with Crippen molar-refractivity contribution in [1.82, 2.24) is 4.31 Å². The zero-order chi connectivity index (χ0) is 8.48. The molecule has 1 aliphatic carbocycles. The van der Waals surface area contributed by atoms with Crippen LogP contribution in [0.4, 0.5) is 0 Å². The molecule has 1 fully saturated rings. The Bertz CT molecular complexity index is 245. The lowest BCUT2D eigenvalue weighted by atomic mass is 10.6. The molecular weight excluding hydrogens is 186 g/mol. The topological polar surface area (TPSA) is 37.4 Å². The Morgan fingerprint density at radius 2 is 2.18 bits per heavy atom. The van der Waals surface area contributed by atoms with Gasteiger partial charge in [-0.3, -0.25) is 0 Å². The van der Waals surface area contributed by atoms with E-state index in [1.54, 1.807) is 0 Å². The second kappa shape index (κ2) is 3.13. The van der Waals surface area contributed by atoms with Crippen molar-refractivity contribution in [1.29, 1.82) is 0 Å². The lowest BCUT2D eigenvalue weighted by Gasteiger charge is -2.14. The zero-order valence-corrected chi connectivity index (χ0v) is 7.61. The SMILES string of the molecule is C=CCN(C1CC1)S(=O)(=O)Cl. The molecule has 0 aromatic carbocycles. The summed E-state index contributed by atoms with van der Waals surface area (Å²) in [5.41, 5.74) is 0. The predicted octanol–water partition coefficient (Wildman–Crippen LogP) is 1.12. The van der Waals surface area contributed by atoms with E-state index in [9.17, 15) is 8.42 Å². The molecule has 5 heteroatoms. The Hall–Kier alpha value is -0.0600. The number of halogens is 1. The van der Waals surface area contributed by atoms with Gasteiger partial charge in [-0.2, -0.15) is 12.7 Å². The molecule has 1 aliphatic rings. The fraction of sp³-hybridized carbons (Fsp3) is 0.667. The molecule has 0 N–H and O–H groups in total. The molecule has 0 amide bonds. The first-order valence-corrected chi connectivity index (χ1v) is 5.64. The van der Waals surface area contributed by atoms with Crippen LogP contribution < -0.4 is 0 Å². The smallest absolute Gasteiger partial charge is 0.195 e. The van der Waals surface area contributed by atoms with Crippen molar-refractivity contribution in [3.63, 3.8) is 0 Å². The van der Waals surface area contributed by atoms with Crippen LogP contribution in [-0.4, -0.2) is 25.3 Å². The molecule has 64 valence electrons. The van der Waals surface area contributed by atoms with E-state index in [4.69, 9.17) is 10.7 Å². The average molecular weight is 196 g/mol. The first kappa shape index (κ1) is 9.03. The van der Waals surface area contributed by atoms with Crippen LogP contribution in [0.3, 0.4) is 0 Å². The first-order chi connectivity index (χ1) is 5.05. The van der Waals surface area contributed by atoms with Gasteiger partial charge in [-0.15, -0.1) is 6.58 Å². The summed E-state index contributed by atoms with van der Waals surface area (Å²) in [4.78, 5) is 0. The highest BCUT2D eigenvalue weighted by molar-refractivity contribution is 8.11. The largest absolute Gasteiger partial charge is 0.300 e. The van der Waals surface area contributed by atoms with Gasteiger partial charge >= 0.3 is 0 Å². The average Bonchev–Trinajstić information content (AvgIpc) is 2.61. The summed E-state index contributed by atoms with van der Waals surface area (Å²) in [6.45, 7) is 3.78. The Morgan fingerprint density at radius 3 is 2.45 bits per heavy atom. The molecule has 0 aromatic rings. The van der Waals surface area contributed by atoms with Gasteiger partial charge in [0.05, 0.1) is 0 Å². The maximum absolute atomic E-state index is 10.8. The Kier molecular flexibility index (Phi) is 2.57. The quantitative estimate of drug-likeness (QED) is 0.498. The highest BCUT2D eigenvalue weighted by Crippen LogP contribution is 2.30. The van der Waals surface area contributed by atoms with Gasteiger partial charge in [-0.25, -0.2) is 0 Å². The third-order valence-corrected chi connectivity index (χ3v) is 3.08. The summed E-state index contributed by atoms with van der Waals surface area (Å²) < 4.78 is 23.0. The second-order valence-corrected chi connectivity index (χ2v) is 4.99. The van der Waals surface area contributed by atoms with E-state index < -0.39 is 9.24 Å². The van der Waals surface area contributed by atoms with Crippen molar-refractivity contribution >= 4 is 19.9 Å². The van der Waals surface area contributed by atoms with Crippen LogP contribution in [0, 0.1) is 0 Å². The highest BCUT2D eigenvalue weighted by Gasteiger charge is 2.35. The van der Waals surface area contributed by atoms with Crippen molar-refractivity contribution in [2.75, 3.05) is 6.54 Å². The molecule has 1 rings (SSSR count). The molecular formula is C6H10ClNO2S. The number of nitrogens with zero attached hydrogens (tertiary/aromatic N) is 1. The molecule has 0 heterocycles. The van der Waals surface area contributed by atoms with Crippen molar-refractivity contribution in [3.8, 4) is 0 Å². The van der Waals surface area contributed by atoms with Crippen LogP contribution in [0.2, 0.25) is 0 Å². The van der Waals surface area contributed by atoms with Crippen LogP contribution in [-0.2, 0) is 9.24 Å². The monoisotopic (exact) mass is 195 g/mol. The summed E-state index contributed by atoms with van der Waals surface area (Å²) in [6.07, 6.45) is 3.37. The van der Waals surface area contributed by atoms with Gasteiger partial charge < -0.3 is 0 Å². The van der Waals surface area contributed by atoms with Crippen molar-refractivity contribution in [2.45, 2.75) is 18.9 Å². The molecule has 11 heavy (non-hydrogen) atoms. The number of rotatable bonds is 4. The summed E-state index contributed by atoms with van der Waals surface area (Å²) in [5.74, 6) is 0. The van der Waals surface area contributed by atoms with Crippen LogP contribution >= 0.6 is 10.7 Å².